The van der Waals surface area contributed by atoms with Crippen molar-refractivity contribution in [2.45, 2.75) is 26.6 Å². The number of hydrogen-bond acceptors (Lipinski definition) is 5. The fraction of sp³-hybridized carbons (Fsp3) is 0.222. The van der Waals surface area contributed by atoms with E-state index >= 15 is 0 Å². The molecule has 0 saturated carbocycles. The van der Waals surface area contributed by atoms with Gasteiger partial charge in [-0.2, -0.15) is 9.67 Å². The van der Waals surface area contributed by atoms with Crippen LogP contribution in [0.1, 0.15) is 17.3 Å². The van der Waals surface area contributed by atoms with Crippen LogP contribution in [-0.2, 0) is 24.4 Å². The second-order valence-electron chi connectivity index (χ2n) is 6.31. The maximum Gasteiger partial charge on any atom is 0.365 e. The topological polar surface area (TPSA) is 102 Å². The van der Waals surface area contributed by atoms with Gasteiger partial charge in [-0.15, -0.1) is 0 Å². The number of fused-ring (bicyclic) bond motifs is 1. The molecule has 0 aliphatic carbocycles. The summed E-state index contributed by atoms with van der Waals surface area (Å²) in [6.45, 7) is 1.64. The Morgan fingerprint density at radius 2 is 1.96 bits per heavy atom. The molecule has 0 fully saturated rings. The molecule has 1 aliphatic heterocycles. The van der Waals surface area contributed by atoms with Gasteiger partial charge in [-0.25, -0.2) is 18.7 Å². The number of halogens is 1. The number of amides is 2. The van der Waals surface area contributed by atoms with Crippen LogP contribution < -0.4 is 15.9 Å². The van der Waals surface area contributed by atoms with Crippen molar-refractivity contribution in [3.8, 4) is 0 Å². The zero-order valence-corrected chi connectivity index (χ0v) is 14.9. The molecule has 0 spiro atoms. The van der Waals surface area contributed by atoms with Gasteiger partial charge in [0.2, 0.25) is 5.91 Å². The summed E-state index contributed by atoms with van der Waals surface area (Å²) < 4.78 is 20.5. The minimum Gasteiger partial charge on any atom is -0.465 e. The minimum atomic E-state index is -0.689. The molecule has 3 heterocycles. The van der Waals surface area contributed by atoms with E-state index in [4.69, 9.17) is 4.42 Å². The number of carbonyl (C=O) groups is 2. The van der Waals surface area contributed by atoms with Crippen LogP contribution in [0, 0.1) is 12.7 Å². The van der Waals surface area contributed by atoms with Crippen molar-refractivity contribution in [3.05, 3.63) is 70.0 Å². The second kappa shape index (κ2) is 6.80. The van der Waals surface area contributed by atoms with E-state index in [2.05, 4.69) is 10.3 Å². The van der Waals surface area contributed by atoms with Crippen LogP contribution in [0.4, 0.5) is 14.9 Å². The number of anilines is 1. The van der Waals surface area contributed by atoms with Crippen LogP contribution in [0.2, 0.25) is 0 Å². The van der Waals surface area contributed by atoms with Crippen molar-refractivity contribution < 1.29 is 18.4 Å². The van der Waals surface area contributed by atoms with Gasteiger partial charge >= 0.3 is 11.7 Å². The van der Waals surface area contributed by atoms with Gasteiger partial charge in [-0.3, -0.25) is 9.69 Å². The van der Waals surface area contributed by atoms with Gasteiger partial charge in [-0.1, -0.05) is 0 Å². The van der Waals surface area contributed by atoms with Gasteiger partial charge in [0.15, 0.2) is 5.82 Å². The third-order valence-corrected chi connectivity index (χ3v) is 4.33. The highest BCUT2D eigenvalue weighted by Gasteiger charge is 2.33. The maximum atomic E-state index is 13.1. The highest BCUT2D eigenvalue weighted by Crippen LogP contribution is 2.23. The fourth-order valence-corrected chi connectivity index (χ4v) is 3.00. The smallest absolute Gasteiger partial charge is 0.365 e. The summed E-state index contributed by atoms with van der Waals surface area (Å²) in [6.07, 6.45) is 0. The summed E-state index contributed by atoms with van der Waals surface area (Å²) in [5.74, 6) is 0.630. The summed E-state index contributed by atoms with van der Waals surface area (Å²) >= 11 is 0. The van der Waals surface area contributed by atoms with Gasteiger partial charge in [0.25, 0.3) is 0 Å². The largest absolute Gasteiger partial charge is 0.465 e. The van der Waals surface area contributed by atoms with Crippen molar-refractivity contribution in [1.82, 2.24) is 19.7 Å². The van der Waals surface area contributed by atoms with Crippen LogP contribution in [0.15, 0.2) is 45.6 Å². The zero-order valence-electron chi connectivity index (χ0n) is 14.9. The standard InChI is InChI=1S/C18H16FN5O4/c1-11-2-7-14(28-11)8-20-16(25)10-23-17(26)21-15-9-22(18(27)24(15)23)13-5-3-12(19)4-6-13/h2-7H,8-10H2,1H3,(H,20,25). The Balaban J connectivity index is 1.50. The first-order chi connectivity index (χ1) is 13.4. The van der Waals surface area contributed by atoms with Gasteiger partial charge < -0.3 is 9.73 Å². The first-order valence-electron chi connectivity index (χ1n) is 8.50. The molecule has 0 atom stereocenters. The molecule has 9 nitrogen and oxygen atoms in total. The van der Waals surface area contributed by atoms with E-state index in [9.17, 15) is 18.8 Å². The van der Waals surface area contributed by atoms with Crippen LogP contribution >= 0.6 is 0 Å². The van der Waals surface area contributed by atoms with Gasteiger partial charge in [0.05, 0.1) is 13.1 Å². The lowest BCUT2D eigenvalue weighted by atomic mass is 10.3. The maximum absolute atomic E-state index is 13.1. The molecule has 4 rings (SSSR count). The fourth-order valence-electron chi connectivity index (χ4n) is 3.00. The number of aryl methyl sites for hydroxylation is 1. The number of rotatable bonds is 5. The first-order valence-corrected chi connectivity index (χ1v) is 8.50. The number of carbonyl (C=O) groups excluding carboxylic acids is 2. The molecule has 10 heteroatoms. The highest BCUT2D eigenvalue weighted by molar-refractivity contribution is 5.95. The van der Waals surface area contributed by atoms with Crippen molar-refractivity contribution in [2.75, 3.05) is 4.90 Å². The average Bonchev–Trinajstić information content (AvgIpc) is 3.30. The first kappa shape index (κ1) is 17.7. The lowest BCUT2D eigenvalue weighted by Crippen LogP contribution is -2.38. The van der Waals surface area contributed by atoms with Gasteiger partial charge in [0.1, 0.15) is 23.9 Å². The van der Waals surface area contributed by atoms with Crippen molar-refractivity contribution in [1.29, 1.82) is 0 Å². The van der Waals surface area contributed by atoms with E-state index in [0.29, 0.717) is 11.4 Å². The average molecular weight is 385 g/mol. The molecule has 0 unspecified atom stereocenters. The SMILES string of the molecule is Cc1ccc(CNC(=O)Cn2c(=O)nc3n2C(=O)N(c2ccc(F)cc2)C3)o1. The van der Waals surface area contributed by atoms with Crippen molar-refractivity contribution >= 4 is 17.6 Å². The van der Waals surface area contributed by atoms with Gasteiger partial charge in [-0.05, 0) is 43.3 Å². The monoisotopic (exact) mass is 385 g/mol. The third kappa shape index (κ3) is 3.20. The number of nitrogens with zero attached hydrogens (tertiary/aromatic N) is 4. The molecular weight excluding hydrogens is 369 g/mol. The van der Waals surface area contributed by atoms with E-state index in [0.717, 1.165) is 15.1 Å². The highest BCUT2D eigenvalue weighted by atomic mass is 19.1. The molecule has 0 saturated heterocycles. The molecule has 1 aliphatic rings. The van der Waals surface area contributed by atoms with Crippen LogP contribution in [0.5, 0.6) is 0 Å². The van der Waals surface area contributed by atoms with Crippen LogP contribution in [-0.4, -0.2) is 26.3 Å². The molecule has 1 N–H and O–H groups in total. The Morgan fingerprint density at radius 1 is 1.21 bits per heavy atom. The third-order valence-electron chi connectivity index (χ3n) is 4.33. The molecule has 2 amide bonds. The van der Waals surface area contributed by atoms with E-state index in [-0.39, 0.29) is 25.5 Å². The van der Waals surface area contributed by atoms with E-state index in [1.54, 1.807) is 19.1 Å². The molecule has 0 radical (unpaired) electrons. The Hall–Kier alpha value is -3.69. The number of furan rings is 1. The molecule has 144 valence electrons. The number of aromatic nitrogens is 3. The quantitative estimate of drug-likeness (QED) is 0.715. The predicted octanol–water partition coefficient (Wildman–Crippen LogP) is 1.39. The minimum absolute atomic E-state index is 0.0556. The van der Waals surface area contributed by atoms with E-state index in [1.165, 1.54) is 29.2 Å². The molecule has 0 bridgehead atoms. The Morgan fingerprint density at radius 3 is 2.64 bits per heavy atom. The molecule has 1 aromatic carbocycles. The molecular formula is C18H16FN5O4. The number of benzene rings is 1. The summed E-state index contributed by atoms with van der Waals surface area (Å²) in [6, 6.07) is 8.37. The Labute approximate surface area is 158 Å². The normalized spacial score (nSPS) is 13.1. The summed E-state index contributed by atoms with van der Waals surface area (Å²) in [5, 5.41) is 2.63. The Bertz CT molecular complexity index is 1110. The summed E-state index contributed by atoms with van der Waals surface area (Å²) in [7, 11) is 0. The lowest BCUT2D eigenvalue weighted by molar-refractivity contribution is -0.122. The number of nitrogens with one attached hydrogen (secondary N) is 1. The molecule has 2 aromatic heterocycles. The number of hydrogen-bond donors (Lipinski definition) is 1. The van der Waals surface area contributed by atoms with Crippen LogP contribution in [0.3, 0.4) is 0 Å². The van der Waals surface area contributed by atoms with Gasteiger partial charge in [0, 0.05) is 5.69 Å². The van der Waals surface area contributed by atoms with Crippen LogP contribution in [0.25, 0.3) is 0 Å². The Kier molecular flexibility index (Phi) is 4.30. The summed E-state index contributed by atoms with van der Waals surface area (Å²) in [5.41, 5.74) is -0.223. The molecule has 28 heavy (non-hydrogen) atoms. The predicted molar refractivity (Wildman–Crippen MR) is 95.2 cm³/mol. The second-order valence-corrected chi connectivity index (χ2v) is 6.31. The van der Waals surface area contributed by atoms with E-state index < -0.39 is 23.4 Å². The lowest BCUT2D eigenvalue weighted by Gasteiger charge is -2.15. The zero-order chi connectivity index (χ0) is 19.8. The molecule has 3 aromatic rings. The van der Waals surface area contributed by atoms with E-state index in [1.807, 2.05) is 0 Å². The van der Waals surface area contributed by atoms with Crippen molar-refractivity contribution in [3.63, 3.8) is 0 Å². The summed E-state index contributed by atoms with van der Waals surface area (Å²) in [4.78, 5) is 42.3. The van der Waals surface area contributed by atoms with Crippen molar-refractivity contribution in [2.24, 2.45) is 0 Å².